The molecule has 0 bridgehead atoms. The normalized spacial score (nSPS) is 9.95. The molecule has 1 N–H and O–H groups in total. The smallest absolute Gasteiger partial charge is 0.127 e. The molecular weight excluding hydrogens is 238 g/mol. The van der Waals surface area contributed by atoms with Crippen LogP contribution in [0.15, 0.2) is 18.2 Å². The molecule has 0 spiro atoms. The van der Waals surface area contributed by atoms with Crippen LogP contribution in [0.4, 0.5) is 0 Å². The van der Waals surface area contributed by atoms with Crippen LogP contribution in [0.3, 0.4) is 0 Å². The summed E-state index contributed by atoms with van der Waals surface area (Å²) in [6.07, 6.45) is 0.741. The van der Waals surface area contributed by atoms with Crippen molar-refractivity contribution in [2.24, 2.45) is 0 Å². The highest BCUT2D eigenvalue weighted by Gasteiger charge is 2.06. The van der Waals surface area contributed by atoms with E-state index >= 15 is 0 Å². The van der Waals surface area contributed by atoms with Gasteiger partial charge in [0.25, 0.3) is 0 Å². The van der Waals surface area contributed by atoms with Gasteiger partial charge in [0.1, 0.15) is 11.5 Å². The number of ether oxygens (including phenoxy) is 2. The highest BCUT2D eigenvalue weighted by Crippen LogP contribution is 2.25. The van der Waals surface area contributed by atoms with Crippen molar-refractivity contribution in [3.8, 4) is 23.3 Å². The van der Waals surface area contributed by atoms with Gasteiger partial charge in [0, 0.05) is 30.6 Å². The van der Waals surface area contributed by atoms with E-state index in [9.17, 15) is 0 Å². The zero-order chi connectivity index (χ0) is 14.1. The van der Waals surface area contributed by atoms with Crippen molar-refractivity contribution in [3.63, 3.8) is 0 Å². The lowest BCUT2D eigenvalue weighted by molar-refractivity contribution is 0.319. The van der Waals surface area contributed by atoms with Crippen LogP contribution in [0.5, 0.6) is 11.5 Å². The van der Waals surface area contributed by atoms with E-state index in [0.29, 0.717) is 12.6 Å². The molecule has 0 aromatic heterocycles. The first kappa shape index (κ1) is 15.4. The topological polar surface area (TPSA) is 30.5 Å². The van der Waals surface area contributed by atoms with Crippen LogP contribution in [0.25, 0.3) is 0 Å². The van der Waals surface area contributed by atoms with Gasteiger partial charge < -0.3 is 14.8 Å². The summed E-state index contributed by atoms with van der Waals surface area (Å²) in [5.74, 6) is 7.54. The maximum absolute atomic E-state index is 5.79. The van der Waals surface area contributed by atoms with Gasteiger partial charge in [-0.05, 0) is 13.0 Å². The Bertz CT molecular complexity index is 444. The van der Waals surface area contributed by atoms with Gasteiger partial charge in [-0.15, -0.1) is 11.8 Å². The van der Waals surface area contributed by atoms with Gasteiger partial charge in [-0.25, -0.2) is 0 Å². The van der Waals surface area contributed by atoms with Crippen LogP contribution in [-0.2, 0) is 6.54 Å². The first-order chi connectivity index (χ1) is 9.17. The van der Waals surface area contributed by atoms with Gasteiger partial charge in [-0.2, -0.15) is 0 Å². The van der Waals surface area contributed by atoms with Crippen molar-refractivity contribution in [2.75, 3.05) is 13.7 Å². The Hall–Kier alpha value is -1.66. The molecule has 0 heterocycles. The lowest BCUT2D eigenvalue weighted by Crippen LogP contribution is -2.22. The first-order valence-corrected chi connectivity index (χ1v) is 6.60. The number of hydrogen-bond acceptors (Lipinski definition) is 3. The summed E-state index contributed by atoms with van der Waals surface area (Å²) in [5, 5.41) is 3.39. The minimum atomic E-state index is 0.445. The number of hydrogen-bond donors (Lipinski definition) is 1. The first-order valence-electron chi connectivity index (χ1n) is 6.60. The number of methoxy groups -OCH3 is 1. The van der Waals surface area contributed by atoms with E-state index in [4.69, 9.17) is 9.47 Å². The van der Waals surface area contributed by atoms with E-state index in [0.717, 1.165) is 30.0 Å². The predicted octanol–water partition coefficient (Wildman–Crippen LogP) is 2.99. The highest BCUT2D eigenvalue weighted by atomic mass is 16.5. The fraction of sp³-hybridized carbons (Fsp3) is 0.500. The van der Waals surface area contributed by atoms with E-state index < -0.39 is 0 Å². The molecule has 0 aliphatic carbocycles. The lowest BCUT2D eigenvalue weighted by atomic mass is 10.2. The minimum absolute atomic E-state index is 0.445. The summed E-state index contributed by atoms with van der Waals surface area (Å²) < 4.78 is 11.0. The Morgan fingerprint density at radius 3 is 2.74 bits per heavy atom. The third-order valence-electron chi connectivity index (χ3n) is 2.64. The molecule has 0 amide bonds. The third-order valence-corrected chi connectivity index (χ3v) is 2.64. The molecule has 0 unspecified atom stereocenters. The summed E-state index contributed by atoms with van der Waals surface area (Å²) in [6, 6.07) is 6.36. The van der Waals surface area contributed by atoms with E-state index in [1.807, 2.05) is 25.1 Å². The van der Waals surface area contributed by atoms with E-state index in [1.54, 1.807) is 7.11 Å². The minimum Gasteiger partial charge on any atom is -0.497 e. The van der Waals surface area contributed by atoms with Crippen LogP contribution in [0.2, 0.25) is 0 Å². The summed E-state index contributed by atoms with van der Waals surface area (Å²) in [6.45, 7) is 7.48. The zero-order valence-corrected chi connectivity index (χ0v) is 12.2. The molecule has 0 radical (unpaired) electrons. The van der Waals surface area contributed by atoms with Gasteiger partial charge in [0.15, 0.2) is 0 Å². The molecule has 104 valence electrons. The molecule has 1 rings (SSSR count). The van der Waals surface area contributed by atoms with Crippen molar-refractivity contribution in [3.05, 3.63) is 23.8 Å². The fourth-order valence-corrected chi connectivity index (χ4v) is 1.59. The number of rotatable bonds is 7. The molecule has 0 atom stereocenters. The molecule has 19 heavy (non-hydrogen) atoms. The molecule has 0 aliphatic heterocycles. The van der Waals surface area contributed by atoms with Gasteiger partial charge in [0.05, 0.1) is 13.7 Å². The average molecular weight is 261 g/mol. The van der Waals surface area contributed by atoms with Gasteiger partial charge >= 0.3 is 0 Å². The molecule has 1 aromatic rings. The SMILES string of the molecule is CC#CCCOc1cc(OC)ccc1CNC(C)C. The summed E-state index contributed by atoms with van der Waals surface area (Å²) in [7, 11) is 1.66. The molecule has 0 saturated heterocycles. The van der Waals surface area contributed by atoms with Crippen LogP contribution in [0, 0.1) is 11.8 Å². The van der Waals surface area contributed by atoms with Crippen molar-refractivity contribution in [1.29, 1.82) is 0 Å². The third kappa shape index (κ3) is 5.67. The second-order valence-electron chi connectivity index (χ2n) is 4.53. The second-order valence-corrected chi connectivity index (χ2v) is 4.53. The molecular formula is C16H23NO2. The van der Waals surface area contributed by atoms with Crippen molar-refractivity contribution >= 4 is 0 Å². The van der Waals surface area contributed by atoms with Crippen LogP contribution < -0.4 is 14.8 Å². The maximum atomic E-state index is 5.79. The zero-order valence-electron chi connectivity index (χ0n) is 12.2. The Morgan fingerprint density at radius 2 is 2.11 bits per heavy atom. The monoisotopic (exact) mass is 261 g/mol. The molecule has 3 nitrogen and oxygen atoms in total. The van der Waals surface area contributed by atoms with Gasteiger partial charge in [0.2, 0.25) is 0 Å². The predicted molar refractivity (Wildman–Crippen MR) is 78.5 cm³/mol. The number of nitrogens with one attached hydrogen (secondary N) is 1. The summed E-state index contributed by atoms with van der Waals surface area (Å²) in [4.78, 5) is 0. The van der Waals surface area contributed by atoms with Crippen LogP contribution >= 0.6 is 0 Å². The van der Waals surface area contributed by atoms with Gasteiger partial charge in [-0.1, -0.05) is 19.9 Å². The standard InChI is InChI=1S/C16H23NO2/c1-5-6-7-10-19-16-11-15(18-4)9-8-14(16)12-17-13(2)3/h8-9,11,13,17H,7,10,12H2,1-4H3. The highest BCUT2D eigenvalue weighted by molar-refractivity contribution is 5.40. The number of benzene rings is 1. The fourth-order valence-electron chi connectivity index (χ4n) is 1.59. The Labute approximate surface area is 116 Å². The van der Waals surface area contributed by atoms with E-state index in [1.165, 1.54) is 0 Å². The quantitative estimate of drug-likeness (QED) is 0.604. The Morgan fingerprint density at radius 1 is 1.32 bits per heavy atom. The maximum Gasteiger partial charge on any atom is 0.127 e. The Balaban J connectivity index is 2.72. The lowest BCUT2D eigenvalue weighted by Gasteiger charge is -2.14. The van der Waals surface area contributed by atoms with Crippen molar-refractivity contribution in [1.82, 2.24) is 5.32 Å². The summed E-state index contributed by atoms with van der Waals surface area (Å²) >= 11 is 0. The largest absolute Gasteiger partial charge is 0.497 e. The van der Waals surface area contributed by atoms with Gasteiger partial charge in [-0.3, -0.25) is 0 Å². The van der Waals surface area contributed by atoms with Crippen molar-refractivity contribution < 1.29 is 9.47 Å². The molecule has 0 aliphatic rings. The Kier molecular flexibility index (Phi) is 6.84. The van der Waals surface area contributed by atoms with Crippen LogP contribution in [0.1, 0.15) is 32.8 Å². The molecule has 0 saturated carbocycles. The summed E-state index contributed by atoms with van der Waals surface area (Å²) in [5.41, 5.74) is 1.14. The molecule has 0 fully saturated rings. The molecule has 3 heteroatoms. The van der Waals surface area contributed by atoms with Crippen LogP contribution in [-0.4, -0.2) is 19.8 Å². The van der Waals surface area contributed by atoms with E-state index in [-0.39, 0.29) is 0 Å². The second kappa shape index (κ2) is 8.44. The van der Waals surface area contributed by atoms with E-state index in [2.05, 4.69) is 31.0 Å². The molecule has 1 aromatic carbocycles. The average Bonchev–Trinajstić information content (AvgIpc) is 2.41. The van der Waals surface area contributed by atoms with Crippen molar-refractivity contribution in [2.45, 2.75) is 39.8 Å².